The fourth-order valence-corrected chi connectivity index (χ4v) is 0.204. The van der Waals surface area contributed by atoms with Crippen molar-refractivity contribution in [3.63, 3.8) is 0 Å². The minimum atomic E-state index is -1.83. The third-order valence-electron chi connectivity index (χ3n) is 0.558. The first kappa shape index (κ1) is 17.2. The molecule has 0 aromatic carbocycles. The van der Waals surface area contributed by atoms with Gasteiger partial charge in [-0.25, -0.2) is 4.79 Å². The molecule has 0 fully saturated rings. The van der Waals surface area contributed by atoms with E-state index in [-0.39, 0.29) is 0 Å². The zero-order valence-electron chi connectivity index (χ0n) is 7.79. The summed E-state index contributed by atoms with van der Waals surface area (Å²) in [5.74, 6) is 0. The molecule has 0 bridgehead atoms. The Labute approximate surface area is 73.7 Å². The Hall–Kier alpha value is -1.03. The van der Waals surface area contributed by atoms with E-state index >= 15 is 0 Å². The molecule has 4 N–H and O–H groups in total. The molecule has 4 heteroatoms. The van der Waals surface area contributed by atoms with Gasteiger partial charge in [-0.2, -0.15) is 0 Å². The summed E-state index contributed by atoms with van der Waals surface area (Å²) in [6, 6.07) is 0. The van der Waals surface area contributed by atoms with Crippen molar-refractivity contribution in [2.75, 3.05) is 6.54 Å². The summed E-state index contributed by atoms with van der Waals surface area (Å²) in [6.45, 7) is 8.23. The smallest absolute Gasteiger partial charge is 0.450 e. The minimum Gasteiger partial charge on any atom is -0.450 e. The molecule has 0 amide bonds. The summed E-state index contributed by atoms with van der Waals surface area (Å²) in [7, 11) is 0. The van der Waals surface area contributed by atoms with Crippen LogP contribution in [0.5, 0.6) is 0 Å². The van der Waals surface area contributed by atoms with Gasteiger partial charge in [0.2, 0.25) is 0 Å². The molecule has 74 valence electrons. The van der Waals surface area contributed by atoms with Gasteiger partial charge in [-0.15, -0.1) is 6.58 Å². The maximum Gasteiger partial charge on any atom is 0.503 e. The number of hydrogen-bond acceptors (Lipinski definition) is 2. The molecule has 0 aromatic rings. The van der Waals surface area contributed by atoms with Gasteiger partial charge in [-0.1, -0.05) is 19.4 Å². The average Bonchev–Trinajstić information content (AvgIpc) is 1.89. The van der Waals surface area contributed by atoms with Gasteiger partial charge in [0, 0.05) is 0 Å². The third-order valence-corrected chi connectivity index (χ3v) is 0.558. The summed E-state index contributed by atoms with van der Waals surface area (Å²) >= 11 is 0. The number of nitrogens with two attached hydrogens (primary N) is 1. The van der Waals surface area contributed by atoms with Crippen LogP contribution in [0.3, 0.4) is 0 Å². The molecule has 0 radical (unpaired) electrons. The van der Waals surface area contributed by atoms with Crippen molar-refractivity contribution in [3.8, 4) is 0 Å². The third kappa shape index (κ3) is 606. The molecule has 0 saturated carbocycles. The van der Waals surface area contributed by atoms with Gasteiger partial charge >= 0.3 is 6.16 Å². The van der Waals surface area contributed by atoms with E-state index in [9.17, 15) is 0 Å². The van der Waals surface area contributed by atoms with Crippen LogP contribution in [0.1, 0.15) is 26.7 Å². The number of carboxylic acid groups (broad SMARTS) is 2. The van der Waals surface area contributed by atoms with Gasteiger partial charge < -0.3 is 15.9 Å². The summed E-state index contributed by atoms with van der Waals surface area (Å²) in [5, 5.41) is 13.9. The van der Waals surface area contributed by atoms with Crippen molar-refractivity contribution >= 4 is 6.16 Å². The lowest BCUT2D eigenvalue weighted by Gasteiger charge is -1.80. The van der Waals surface area contributed by atoms with Gasteiger partial charge in [-0.05, 0) is 19.9 Å². The van der Waals surface area contributed by atoms with Crippen LogP contribution in [0.25, 0.3) is 0 Å². The highest BCUT2D eigenvalue weighted by Crippen LogP contribution is 1.77. The Morgan fingerprint density at radius 3 is 1.83 bits per heavy atom. The number of unbranched alkanes of at least 4 members (excludes halogenated alkanes) is 1. The van der Waals surface area contributed by atoms with E-state index < -0.39 is 6.16 Å². The lowest BCUT2D eigenvalue weighted by Crippen LogP contribution is -1.95. The Kier molecular flexibility index (Phi) is 32.2. The van der Waals surface area contributed by atoms with Gasteiger partial charge in [-0.3, -0.25) is 0 Å². The number of rotatable bonds is 2. The summed E-state index contributed by atoms with van der Waals surface area (Å²) in [5.41, 5.74) is 5.14. The monoisotopic (exact) mass is 177 g/mol. The Morgan fingerprint density at radius 1 is 1.58 bits per heavy atom. The van der Waals surface area contributed by atoms with Crippen molar-refractivity contribution < 1.29 is 15.0 Å². The lowest BCUT2D eigenvalue weighted by molar-refractivity contribution is 0.137. The number of hydrogen-bond donors (Lipinski definition) is 3. The highest BCUT2D eigenvalue weighted by Gasteiger charge is 1.70. The van der Waals surface area contributed by atoms with Gasteiger partial charge in [0.05, 0.1) is 0 Å². The molecule has 0 saturated heterocycles. The normalized spacial score (nSPS) is 6.58. The second kappa shape index (κ2) is 22.5. The second-order valence-electron chi connectivity index (χ2n) is 1.83. The van der Waals surface area contributed by atoms with Gasteiger partial charge in [0.25, 0.3) is 0 Å². The first-order chi connectivity index (χ1) is 5.56. The molecule has 12 heavy (non-hydrogen) atoms. The van der Waals surface area contributed by atoms with E-state index in [1.54, 1.807) is 6.08 Å². The van der Waals surface area contributed by atoms with E-state index in [0.717, 1.165) is 6.54 Å². The summed E-state index contributed by atoms with van der Waals surface area (Å²) in [4.78, 5) is 8.56. The fourth-order valence-electron chi connectivity index (χ4n) is 0.204. The van der Waals surface area contributed by atoms with Crippen molar-refractivity contribution in [1.29, 1.82) is 0 Å². The van der Waals surface area contributed by atoms with Crippen LogP contribution in [0.2, 0.25) is 0 Å². The van der Waals surface area contributed by atoms with Crippen LogP contribution < -0.4 is 5.73 Å². The predicted octanol–water partition coefficient (Wildman–Crippen LogP) is 2.16. The molecule has 0 aliphatic carbocycles. The fraction of sp³-hybridized carbons (Fsp3) is 0.625. The van der Waals surface area contributed by atoms with E-state index in [2.05, 4.69) is 13.5 Å². The van der Waals surface area contributed by atoms with Crippen molar-refractivity contribution in [3.05, 3.63) is 12.7 Å². The van der Waals surface area contributed by atoms with Crippen LogP contribution in [0.4, 0.5) is 4.79 Å². The second-order valence-corrected chi connectivity index (χ2v) is 1.83. The molecule has 0 rings (SSSR count). The molecule has 0 aliphatic heterocycles. The molecule has 0 aromatic heterocycles. The predicted molar refractivity (Wildman–Crippen MR) is 50.5 cm³/mol. The number of carbonyl (C=O) groups is 1. The summed E-state index contributed by atoms with van der Waals surface area (Å²) < 4.78 is 0. The maximum atomic E-state index is 8.56. The van der Waals surface area contributed by atoms with Crippen LogP contribution in [0.15, 0.2) is 12.7 Å². The first-order valence-corrected chi connectivity index (χ1v) is 3.75. The maximum absolute atomic E-state index is 8.56. The first-order valence-electron chi connectivity index (χ1n) is 3.75. The molecular formula is C8H19NO3. The molecule has 4 nitrogen and oxygen atoms in total. The zero-order valence-corrected chi connectivity index (χ0v) is 7.79. The van der Waals surface area contributed by atoms with Crippen LogP contribution in [0, 0.1) is 0 Å². The molecule has 0 aliphatic rings. The van der Waals surface area contributed by atoms with Crippen molar-refractivity contribution in [2.24, 2.45) is 5.73 Å². The lowest BCUT2D eigenvalue weighted by atomic mass is 10.3. The highest BCUT2D eigenvalue weighted by atomic mass is 16.6. The van der Waals surface area contributed by atoms with E-state index in [4.69, 9.17) is 20.7 Å². The Balaban J connectivity index is -0.000000105. The number of allylic oxidation sites excluding steroid dienone is 1. The topological polar surface area (TPSA) is 83.6 Å². The van der Waals surface area contributed by atoms with Gasteiger partial charge in [0.1, 0.15) is 0 Å². The molecule has 0 unspecified atom stereocenters. The van der Waals surface area contributed by atoms with Gasteiger partial charge in [0.15, 0.2) is 0 Å². The van der Waals surface area contributed by atoms with Crippen molar-refractivity contribution in [2.45, 2.75) is 26.7 Å². The molecule has 0 atom stereocenters. The highest BCUT2D eigenvalue weighted by molar-refractivity contribution is 5.53. The standard InChI is InChI=1S/C4H11N.C3H6.CH2O3/c1-2-3-4-5;1-3-2;2-1(3)4/h2-5H2,1H3;3H,1H2,2H3;(H2,2,3,4). The van der Waals surface area contributed by atoms with E-state index in [1.165, 1.54) is 12.8 Å². The largest absolute Gasteiger partial charge is 0.503 e. The average molecular weight is 177 g/mol. The molecule has 0 heterocycles. The van der Waals surface area contributed by atoms with E-state index in [1.807, 2.05) is 6.92 Å². The Bertz CT molecular complexity index is 88.3. The van der Waals surface area contributed by atoms with Crippen LogP contribution in [-0.4, -0.2) is 22.9 Å². The van der Waals surface area contributed by atoms with Crippen LogP contribution in [-0.2, 0) is 0 Å². The minimum absolute atomic E-state index is 0.844. The Morgan fingerprint density at radius 2 is 1.83 bits per heavy atom. The SMILES string of the molecule is C=CC.CCCCN.O=C(O)O. The molecule has 0 spiro atoms. The van der Waals surface area contributed by atoms with Crippen LogP contribution >= 0.6 is 0 Å². The summed E-state index contributed by atoms with van der Waals surface area (Å²) in [6.07, 6.45) is 2.30. The van der Waals surface area contributed by atoms with E-state index in [0.29, 0.717) is 0 Å². The van der Waals surface area contributed by atoms with Crippen molar-refractivity contribution in [1.82, 2.24) is 0 Å². The quantitative estimate of drug-likeness (QED) is 0.564. The molecular weight excluding hydrogens is 158 g/mol. The zero-order chi connectivity index (χ0) is 10.4.